The van der Waals surface area contributed by atoms with Crippen molar-refractivity contribution < 1.29 is 31.3 Å². The molecule has 10 heteroatoms. The maximum absolute atomic E-state index is 7.05. The van der Waals surface area contributed by atoms with Crippen molar-refractivity contribution in [2.75, 3.05) is 51.7 Å². The third kappa shape index (κ3) is 11.7. The monoisotopic (exact) mass is 512 g/mol. The Hall–Kier alpha value is 0.371. The fraction of sp³-hybridized carbons (Fsp3) is 1.00. The molecule has 0 spiro atoms. The van der Waals surface area contributed by atoms with E-state index >= 15 is 0 Å². The molecule has 0 aromatic carbocycles. The predicted octanol–water partition coefficient (Wildman–Crippen LogP) is 5.38. The van der Waals surface area contributed by atoms with Crippen LogP contribution in [-0.2, 0) is 31.3 Å². The van der Waals surface area contributed by atoms with E-state index in [-0.39, 0.29) is 0 Å². The normalized spacial score (nSPS) is 17.6. The molecule has 0 amide bonds. The lowest BCUT2D eigenvalue weighted by Crippen LogP contribution is -2.65. The lowest BCUT2D eigenvalue weighted by molar-refractivity contribution is 0.0935. The van der Waals surface area contributed by atoms with E-state index in [1.54, 1.807) is 0 Å². The van der Waals surface area contributed by atoms with E-state index in [0.717, 1.165) is 37.4 Å². The maximum atomic E-state index is 7.05. The van der Waals surface area contributed by atoms with Crippen LogP contribution in [0.4, 0.5) is 0 Å². The van der Waals surface area contributed by atoms with Crippen LogP contribution >= 0.6 is 0 Å². The van der Waals surface area contributed by atoms with E-state index < -0.39 is 25.7 Å². The fourth-order valence-corrected chi connectivity index (χ4v) is 16.7. The minimum Gasteiger partial charge on any atom is -0.412 e. The summed E-state index contributed by atoms with van der Waals surface area (Å²) in [4.78, 5) is 0. The van der Waals surface area contributed by atoms with Crippen LogP contribution in [-0.4, -0.2) is 77.4 Å². The summed E-state index contributed by atoms with van der Waals surface area (Å²) >= 11 is 0. The summed E-state index contributed by atoms with van der Waals surface area (Å²) < 4.78 is 44.8. The molecule has 2 unspecified atom stereocenters. The second kappa shape index (κ2) is 18.7. The minimum atomic E-state index is -2.82. The van der Waals surface area contributed by atoms with Gasteiger partial charge in [0.05, 0.1) is 18.7 Å². The molecule has 0 aliphatic rings. The third-order valence-electron chi connectivity index (χ3n) is 5.19. The average molecular weight is 513 g/mol. The minimum absolute atomic E-state index is 0.475. The highest BCUT2D eigenvalue weighted by Crippen LogP contribution is 2.30. The van der Waals surface area contributed by atoms with Gasteiger partial charge >= 0.3 is 25.7 Å². The quantitative estimate of drug-likeness (QED) is 0.135. The van der Waals surface area contributed by atoms with E-state index in [1.165, 1.54) is 0 Å². The molecule has 0 rings (SSSR count). The first-order valence-electron chi connectivity index (χ1n) is 12.8. The Balaban J connectivity index is 6.02. The van der Waals surface area contributed by atoms with Crippen molar-refractivity contribution in [3.8, 4) is 0 Å². The van der Waals surface area contributed by atoms with E-state index in [0.29, 0.717) is 51.7 Å². The molecule has 0 radical (unpaired) electrons. The van der Waals surface area contributed by atoms with Gasteiger partial charge in [0.2, 0.25) is 0 Å². The van der Waals surface area contributed by atoms with Crippen molar-refractivity contribution in [2.45, 2.75) is 92.8 Å². The Bertz CT molecular complexity index is 418. The van der Waals surface area contributed by atoms with Gasteiger partial charge in [0.15, 0.2) is 0 Å². The molecule has 0 aliphatic carbocycles. The second-order valence-electron chi connectivity index (χ2n) is 8.02. The van der Waals surface area contributed by atoms with Gasteiger partial charge in [-0.05, 0) is 51.2 Å². The van der Waals surface area contributed by atoms with Crippen LogP contribution in [0.3, 0.4) is 0 Å². The van der Waals surface area contributed by atoms with Gasteiger partial charge in [0, 0.05) is 33.0 Å². The van der Waals surface area contributed by atoms with Crippen molar-refractivity contribution in [1.82, 2.24) is 0 Å². The van der Waals surface area contributed by atoms with Gasteiger partial charge in [0.1, 0.15) is 0 Å². The van der Waals surface area contributed by atoms with Crippen LogP contribution in [0.1, 0.15) is 74.7 Å². The molecule has 0 aromatic heterocycles. The van der Waals surface area contributed by atoms with Crippen LogP contribution in [0.2, 0.25) is 18.1 Å². The highest BCUT2D eigenvalue weighted by Gasteiger charge is 2.53. The highest BCUT2D eigenvalue weighted by molar-refractivity contribution is 6.87. The maximum Gasteiger partial charge on any atom is 0.355 e. The molecule has 194 valence electrons. The molecular weight excluding hydrogens is 460 g/mol. The molecule has 2 atom stereocenters. The zero-order chi connectivity index (χ0) is 24.3. The van der Waals surface area contributed by atoms with Crippen molar-refractivity contribution in [1.29, 1.82) is 0 Å². The Morgan fingerprint density at radius 1 is 0.438 bits per heavy atom. The van der Waals surface area contributed by atoms with Gasteiger partial charge in [-0.25, -0.2) is 0 Å². The van der Waals surface area contributed by atoms with Crippen LogP contribution in [0.15, 0.2) is 0 Å². The molecule has 7 nitrogen and oxygen atoms in total. The Labute approximate surface area is 201 Å². The van der Waals surface area contributed by atoms with E-state index in [1.807, 2.05) is 13.8 Å². The van der Waals surface area contributed by atoms with Crippen LogP contribution in [0, 0.1) is 0 Å². The molecule has 0 aromatic rings. The summed E-state index contributed by atoms with van der Waals surface area (Å²) in [5, 5.41) is 0. The number of rotatable bonds is 23. The standard InChI is InChI=1S/C22H52O7Si3/c1-9-17-23-20-30(14-6,26-12-4)28-32(16-8,22-25-19-11-3)29-31(15-7,27-13-5)21-24-18-10-2/h9-22H2,1-8H3. The van der Waals surface area contributed by atoms with Crippen molar-refractivity contribution in [3.63, 3.8) is 0 Å². The summed E-state index contributed by atoms with van der Waals surface area (Å²) in [6, 6.07) is 2.37. The Morgan fingerprint density at radius 2 is 0.750 bits per heavy atom. The first-order valence-corrected chi connectivity index (χ1v) is 19.5. The summed E-state index contributed by atoms with van der Waals surface area (Å²) in [5.41, 5.74) is 0. The lowest BCUT2D eigenvalue weighted by Gasteiger charge is -2.44. The zero-order valence-corrected chi connectivity index (χ0v) is 25.3. The van der Waals surface area contributed by atoms with Gasteiger partial charge in [0.25, 0.3) is 0 Å². The van der Waals surface area contributed by atoms with Gasteiger partial charge in [-0.3, -0.25) is 0 Å². The van der Waals surface area contributed by atoms with Gasteiger partial charge in [-0.15, -0.1) is 0 Å². The van der Waals surface area contributed by atoms with Crippen LogP contribution < -0.4 is 0 Å². The summed E-state index contributed by atoms with van der Waals surface area (Å²) in [6.45, 7) is 20.1. The average Bonchev–Trinajstić information content (AvgIpc) is 2.79. The number of hydrogen-bond acceptors (Lipinski definition) is 7. The van der Waals surface area contributed by atoms with E-state index in [2.05, 4.69) is 41.5 Å². The van der Waals surface area contributed by atoms with Gasteiger partial charge < -0.3 is 31.3 Å². The third-order valence-corrected chi connectivity index (χ3v) is 17.9. The molecule has 0 saturated heterocycles. The Morgan fingerprint density at radius 3 is 1.00 bits per heavy atom. The van der Waals surface area contributed by atoms with Gasteiger partial charge in [-0.2, -0.15) is 0 Å². The van der Waals surface area contributed by atoms with Gasteiger partial charge in [-0.1, -0.05) is 41.5 Å². The highest BCUT2D eigenvalue weighted by atomic mass is 28.5. The predicted molar refractivity (Wildman–Crippen MR) is 137 cm³/mol. The topological polar surface area (TPSA) is 64.6 Å². The largest absolute Gasteiger partial charge is 0.412 e. The van der Waals surface area contributed by atoms with Crippen molar-refractivity contribution in [3.05, 3.63) is 0 Å². The SMILES string of the molecule is CCCOC[Si](CC)(OCC)O[Si](CC)(COCCC)O[Si](CC)(COCCC)OCC. The summed E-state index contributed by atoms with van der Waals surface area (Å²) in [6.07, 6.45) is 4.40. The zero-order valence-electron chi connectivity index (χ0n) is 22.3. The fourth-order valence-electron chi connectivity index (χ4n) is 3.40. The van der Waals surface area contributed by atoms with E-state index in [4.69, 9.17) is 31.3 Å². The van der Waals surface area contributed by atoms with Crippen LogP contribution in [0.5, 0.6) is 0 Å². The molecule has 0 N–H and O–H groups in total. The summed E-state index contributed by atoms with van der Waals surface area (Å²) in [7, 11) is -8.10. The number of hydrogen-bond donors (Lipinski definition) is 0. The molecule has 0 bridgehead atoms. The van der Waals surface area contributed by atoms with E-state index in [9.17, 15) is 0 Å². The van der Waals surface area contributed by atoms with Crippen molar-refractivity contribution in [2.24, 2.45) is 0 Å². The van der Waals surface area contributed by atoms with Crippen molar-refractivity contribution >= 4 is 25.7 Å². The molecule has 0 aliphatic heterocycles. The Kier molecular flexibility index (Phi) is 18.9. The molecular formula is C22H52O7Si3. The second-order valence-corrected chi connectivity index (χ2v) is 18.7. The number of ether oxygens (including phenoxy) is 3. The molecule has 0 heterocycles. The smallest absolute Gasteiger partial charge is 0.355 e. The molecule has 0 fully saturated rings. The molecule has 0 saturated carbocycles. The summed E-state index contributed by atoms with van der Waals surface area (Å²) in [5.74, 6) is 0. The van der Waals surface area contributed by atoms with Crippen LogP contribution in [0.25, 0.3) is 0 Å². The lowest BCUT2D eigenvalue weighted by atomic mass is 10.5. The first-order chi connectivity index (χ1) is 15.4. The molecule has 32 heavy (non-hydrogen) atoms. The first kappa shape index (κ1) is 32.4.